The summed E-state index contributed by atoms with van der Waals surface area (Å²) in [5, 5.41) is 10.5. The third kappa shape index (κ3) is 3.83. The van der Waals surface area contributed by atoms with Gasteiger partial charge in [0.2, 0.25) is 5.91 Å². The van der Waals surface area contributed by atoms with Gasteiger partial charge in [-0.05, 0) is 37.6 Å². The summed E-state index contributed by atoms with van der Waals surface area (Å²) in [6.07, 6.45) is 6.34. The third-order valence-electron chi connectivity index (χ3n) is 3.52. The molecule has 1 unspecified atom stereocenters. The van der Waals surface area contributed by atoms with E-state index in [9.17, 15) is 4.79 Å². The molecule has 2 aromatic rings. The van der Waals surface area contributed by atoms with Gasteiger partial charge in [-0.1, -0.05) is 12.1 Å². The van der Waals surface area contributed by atoms with Crippen molar-refractivity contribution in [1.29, 1.82) is 0 Å². The van der Waals surface area contributed by atoms with Crippen LogP contribution in [0, 0.1) is 0 Å². The summed E-state index contributed by atoms with van der Waals surface area (Å²) >= 11 is 0. The number of nitrogens with one attached hydrogen (secondary N) is 2. The Bertz CT molecular complexity index is 579. The minimum absolute atomic E-state index is 0. The zero-order chi connectivity index (χ0) is 13.8. The van der Waals surface area contributed by atoms with E-state index in [1.165, 1.54) is 0 Å². The van der Waals surface area contributed by atoms with Crippen molar-refractivity contribution in [3.05, 3.63) is 42.7 Å². The summed E-state index contributed by atoms with van der Waals surface area (Å²) in [5.41, 5.74) is 1.67. The molecule has 5 nitrogen and oxygen atoms in total. The van der Waals surface area contributed by atoms with Crippen LogP contribution in [0.5, 0.6) is 0 Å². The molecule has 1 aromatic carbocycles. The lowest BCUT2D eigenvalue weighted by molar-refractivity contribution is -0.116. The second-order valence-corrected chi connectivity index (χ2v) is 5.01. The van der Waals surface area contributed by atoms with Crippen LogP contribution in [-0.2, 0) is 4.79 Å². The predicted molar refractivity (Wildman–Crippen MR) is 85.1 cm³/mol. The maximum Gasteiger partial charge on any atom is 0.225 e. The molecule has 21 heavy (non-hydrogen) atoms. The molecule has 0 saturated carbocycles. The van der Waals surface area contributed by atoms with Crippen molar-refractivity contribution < 1.29 is 4.79 Å². The Morgan fingerprint density at radius 2 is 2.24 bits per heavy atom. The minimum atomic E-state index is 0. The molecule has 0 bridgehead atoms. The summed E-state index contributed by atoms with van der Waals surface area (Å²) in [4.78, 5) is 12.1. The van der Waals surface area contributed by atoms with E-state index < -0.39 is 0 Å². The molecule has 1 fully saturated rings. The number of para-hydroxylation sites is 2. The number of carbonyl (C=O) groups excluding carboxylic acids is 1. The van der Waals surface area contributed by atoms with E-state index in [1.807, 2.05) is 36.5 Å². The van der Waals surface area contributed by atoms with Crippen molar-refractivity contribution in [2.45, 2.75) is 25.3 Å². The van der Waals surface area contributed by atoms with E-state index in [0.717, 1.165) is 30.8 Å². The highest BCUT2D eigenvalue weighted by Crippen LogP contribution is 2.19. The van der Waals surface area contributed by atoms with Gasteiger partial charge in [0.15, 0.2) is 0 Å². The normalized spacial score (nSPS) is 17.2. The number of carbonyl (C=O) groups is 1. The van der Waals surface area contributed by atoms with E-state index in [2.05, 4.69) is 15.7 Å². The number of halogens is 1. The standard InChI is InChI=1S/C15H18N4O.ClH/c20-15(11-12-5-3-8-16-12)18-13-6-1-2-7-14(13)19-10-4-9-17-19;/h1-2,4,6-7,9-10,12,16H,3,5,8,11H2,(H,18,20);1H. The third-order valence-corrected chi connectivity index (χ3v) is 3.52. The van der Waals surface area contributed by atoms with Crippen LogP contribution < -0.4 is 10.6 Å². The molecule has 0 aliphatic carbocycles. The fourth-order valence-electron chi connectivity index (χ4n) is 2.55. The minimum Gasteiger partial charge on any atom is -0.324 e. The van der Waals surface area contributed by atoms with Crippen molar-refractivity contribution in [1.82, 2.24) is 15.1 Å². The lowest BCUT2D eigenvalue weighted by Gasteiger charge is -2.13. The quantitative estimate of drug-likeness (QED) is 0.912. The molecule has 112 valence electrons. The van der Waals surface area contributed by atoms with Gasteiger partial charge in [0, 0.05) is 24.9 Å². The Hall–Kier alpha value is -1.85. The largest absolute Gasteiger partial charge is 0.324 e. The first-order valence-electron chi connectivity index (χ1n) is 6.95. The highest BCUT2D eigenvalue weighted by molar-refractivity contribution is 5.93. The Balaban J connectivity index is 0.00000161. The maximum absolute atomic E-state index is 12.1. The molecule has 1 atom stereocenters. The molecule has 1 aromatic heterocycles. The maximum atomic E-state index is 12.1. The van der Waals surface area contributed by atoms with E-state index >= 15 is 0 Å². The highest BCUT2D eigenvalue weighted by atomic mass is 35.5. The fourth-order valence-corrected chi connectivity index (χ4v) is 2.55. The number of benzene rings is 1. The molecule has 0 spiro atoms. The average Bonchev–Trinajstić information content (AvgIpc) is 3.11. The lowest BCUT2D eigenvalue weighted by Crippen LogP contribution is -2.27. The van der Waals surface area contributed by atoms with Crippen LogP contribution in [0.3, 0.4) is 0 Å². The van der Waals surface area contributed by atoms with Crippen LogP contribution in [0.25, 0.3) is 5.69 Å². The Kier molecular flexibility index (Phi) is 5.36. The topological polar surface area (TPSA) is 59.0 Å². The first-order chi connectivity index (χ1) is 9.83. The molecule has 2 N–H and O–H groups in total. The van der Waals surface area contributed by atoms with Gasteiger partial charge in [-0.3, -0.25) is 4.79 Å². The first kappa shape index (κ1) is 15.5. The number of rotatable bonds is 4. The van der Waals surface area contributed by atoms with Gasteiger partial charge in [0.05, 0.1) is 11.4 Å². The summed E-state index contributed by atoms with van der Waals surface area (Å²) in [5.74, 6) is 0.0454. The van der Waals surface area contributed by atoms with Crippen molar-refractivity contribution in [3.63, 3.8) is 0 Å². The molecule has 3 rings (SSSR count). The van der Waals surface area contributed by atoms with Gasteiger partial charge in [-0.2, -0.15) is 5.10 Å². The zero-order valence-electron chi connectivity index (χ0n) is 11.7. The molecule has 1 saturated heterocycles. The Morgan fingerprint density at radius 1 is 1.38 bits per heavy atom. The van der Waals surface area contributed by atoms with Crippen molar-refractivity contribution in [2.24, 2.45) is 0 Å². The van der Waals surface area contributed by atoms with Crippen LogP contribution in [0.2, 0.25) is 0 Å². The fraction of sp³-hybridized carbons (Fsp3) is 0.333. The van der Waals surface area contributed by atoms with Crippen molar-refractivity contribution >= 4 is 24.0 Å². The predicted octanol–water partition coefficient (Wildman–Crippen LogP) is 2.37. The molecule has 0 radical (unpaired) electrons. The van der Waals surface area contributed by atoms with Gasteiger partial charge in [-0.25, -0.2) is 4.68 Å². The number of nitrogens with zero attached hydrogens (tertiary/aromatic N) is 2. The molecule has 1 aliphatic rings. The van der Waals surface area contributed by atoms with Gasteiger partial charge in [0.25, 0.3) is 0 Å². The van der Waals surface area contributed by atoms with Crippen LogP contribution in [0.1, 0.15) is 19.3 Å². The number of amides is 1. The van der Waals surface area contributed by atoms with Crippen LogP contribution >= 0.6 is 12.4 Å². The summed E-state index contributed by atoms with van der Waals surface area (Å²) in [7, 11) is 0. The van der Waals surface area contributed by atoms with Gasteiger partial charge >= 0.3 is 0 Å². The van der Waals surface area contributed by atoms with Crippen LogP contribution in [-0.4, -0.2) is 28.3 Å². The zero-order valence-corrected chi connectivity index (χ0v) is 12.5. The van der Waals surface area contributed by atoms with Gasteiger partial charge < -0.3 is 10.6 Å². The monoisotopic (exact) mass is 306 g/mol. The molecule has 1 aliphatic heterocycles. The van der Waals surface area contributed by atoms with E-state index in [1.54, 1.807) is 10.9 Å². The lowest BCUT2D eigenvalue weighted by atomic mass is 10.1. The van der Waals surface area contributed by atoms with Crippen LogP contribution in [0.4, 0.5) is 5.69 Å². The average molecular weight is 307 g/mol. The van der Waals surface area contributed by atoms with E-state index in [4.69, 9.17) is 0 Å². The number of aromatic nitrogens is 2. The van der Waals surface area contributed by atoms with E-state index in [0.29, 0.717) is 12.5 Å². The van der Waals surface area contributed by atoms with Gasteiger partial charge in [0.1, 0.15) is 0 Å². The molecular formula is C15H19ClN4O. The molecular weight excluding hydrogens is 288 g/mol. The molecule has 2 heterocycles. The second kappa shape index (κ2) is 7.24. The molecule has 6 heteroatoms. The van der Waals surface area contributed by atoms with E-state index in [-0.39, 0.29) is 18.3 Å². The van der Waals surface area contributed by atoms with Crippen molar-refractivity contribution in [3.8, 4) is 5.69 Å². The Labute approximate surface area is 130 Å². The summed E-state index contributed by atoms with van der Waals surface area (Å²) < 4.78 is 1.75. The first-order valence-corrected chi connectivity index (χ1v) is 6.95. The van der Waals surface area contributed by atoms with Gasteiger partial charge in [-0.15, -0.1) is 12.4 Å². The second-order valence-electron chi connectivity index (χ2n) is 5.01. The SMILES string of the molecule is Cl.O=C(CC1CCCN1)Nc1ccccc1-n1cccn1. The number of hydrogen-bond donors (Lipinski definition) is 2. The van der Waals surface area contributed by atoms with Crippen molar-refractivity contribution in [2.75, 3.05) is 11.9 Å². The number of anilines is 1. The number of hydrogen-bond acceptors (Lipinski definition) is 3. The molecule has 1 amide bonds. The van der Waals surface area contributed by atoms with Crippen LogP contribution in [0.15, 0.2) is 42.7 Å². The summed E-state index contributed by atoms with van der Waals surface area (Å²) in [6, 6.07) is 9.86. The smallest absolute Gasteiger partial charge is 0.225 e. The Morgan fingerprint density at radius 3 is 2.95 bits per heavy atom. The summed E-state index contributed by atoms with van der Waals surface area (Å²) in [6.45, 7) is 1.02. The highest BCUT2D eigenvalue weighted by Gasteiger charge is 2.18.